The zero-order valence-electron chi connectivity index (χ0n) is 10.1. The summed E-state index contributed by atoms with van der Waals surface area (Å²) in [6, 6.07) is 0.244. The summed E-state index contributed by atoms with van der Waals surface area (Å²) in [5.74, 6) is 0.153. The molecule has 0 bridgehead atoms. The van der Waals surface area contributed by atoms with E-state index in [9.17, 15) is 8.42 Å². The van der Waals surface area contributed by atoms with Crippen molar-refractivity contribution in [3.8, 4) is 0 Å². The second kappa shape index (κ2) is 6.33. The number of hydrogen-bond acceptors (Lipinski definition) is 4. The van der Waals surface area contributed by atoms with E-state index in [1.165, 1.54) is 0 Å². The Labute approximate surface area is 109 Å². The van der Waals surface area contributed by atoms with Crippen LogP contribution >= 0.6 is 12.4 Å². The van der Waals surface area contributed by atoms with E-state index in [1.807, 2.05) is 6.92 Å². The molecule has 0 amide bonds. The molecule has 0 aromatic heterocycles. The van der Waals surface area contributed by atoms with E-state index in [1.54, 1.807) is 4.31 Å². The molecule has 0 aromatic rings. The second-order valence-corrected chi connectivity index (χ2v) is 6.64. The summed E-state index contributed by atoms with van der Waals surface area (Å²) in [5, 5.41) is 3.24. The van der Waals surface area contributed by atoms with Crippen LogP contribution in [0.4, 0.5) is 0 Å². The fourth-order valence-corrected chi connectivity index (χ4v) is 4.03. The van der Waals surface area contributed by atoms with Crippen molar-refractivity contribution < 1.29 is 13.2 Å². The Balaban J connectivity index is 0.00000144. The van der Waals surface area contributed by atoms with Gasteiger partial charge in [-0.3, -0.25) is 0 Å². The summed E-state index contributed by atoms with van der Waals surface area (Å²) in [7, 11) is -3.13. The van der Waals surface area contributed by atoms with E-state index in [2.05, 4.69) is 5.32 Å². The van der Waals surface area contributed by atoms with Gasteiger partial charge in [-0.2, -0.15) is 4.31 Å². The topological polar surface area (TPSA) is 58.6 Å². The third kappa shape index (κ3) is 4.06. The Morgan fingerprint density at radius 2 is 2.24 bits per heavy atom. The summed E-state index contributed by atoms with van der Waals surface area (Å²) >= 11 is 0. The van der Waals surface area contributed by atoms with Gasteiger partial charge in [0.25, 0.3) is 0 Å². The lowest BCUT2D eigenvalue weighted by molar-refractivity contribution is 0.126. The van der Waals surface area contributed by atoms with Crippen LogP contribution in [0.1, 0.15) is 19.8 Å². The SMILES string of the molecule is CC1CN(S(=O)(=O)CC2CCCO2)CCN1.Cl. The van der Waals surface area contributed by atoms with Crippen molar-refractivity contribution in [3.05, 3.63) is 0 Å². The Kier molecular flexibility index (Phi) is 5.66. The molecule has 2 unspecified atom stereocenters. The van der Waals surface area contributed by atoms with E-state index < -0.39 is 10.0 Å². The quantitative estimate of drug-likeness (QED) is 0.805. The fourth-order valence-electron chi connectivity index (χ4n) is 2.27. The summed E-state index contributed by atoms with van der Waals surface area (Å²) in [6.45, 7) is 4.62. The summed E-state index contributed by atoms with van der Waals surface area (Å²) in [6.07, 6.45) is 1.77. The van der Waals surface area contributed by atoms with Gasteiger partial charge in [-0.05, 0) is 19.8 Å². The van der Waals surface area contributed by atoms with Gasteiger partial charge < -0.3 is 10.1 Å². The normalized spacial score (nSPS) is 31.1. The first-order valence-electron chi connectivity index (χ1n) is 5.91. The Morgan fingerprint density at radius 1 is 1.47 bits per heavy atom. The number of sulfonamides is 1. The van der Waals surface area contributed by atoms with Crippen molar-refractivity contribution in [2.75, 3.05) is 32.0 Å². The molecule has 2 aliphatic rings. The molecule has 1 N–H and O–H groups in total. The maximum absolute atomic E-state index is 12.1. The molecule has 5 nitrogen and oxygen atoms in total. The highest BCUT2D eigenvalue weighted by molar-refractivity contribution is 7.89. The molecular formula is C10H21ClN2O3S. The van der Waals surface area contributed by atoms with Crippen LogP contribution in [-0.2, 0) is 14.8 Å². The third-order valence-corrected chi connectivity index (χ3v) is 5.06. The van der Waals surface area contributed by atoms with Crippen LogP contribution in [0.15, 0.2) is 0 Å². The smallest absolute Gasteiger partial charge is 0.216 e. The number of halogens is 1. The van der Waals surface area contributed by atoms with Gasteiger partial charge in [0.2, 0.25) is 10.0 Å². The lowest BCUT2D eigenvalue weighted by Crippen LogP contribution is -2.52. The van der Waals surface area contributed by atoms with Gasteiger partial charge in [0.1, 0.15) is 0 Å². The highest BCUT2D eigenvalue weighted by Gasteiger charge is 2.30. The highest BCUT2D eigenvalue weighted by Crippen LogP contribution is 2.16. The molecule has 7 heteroatoms. The molecule has 0 saturated carbocycles. The Hall–Kier alpha value is 0.120. The Morgan fingerprint density at radius 3 is 2.82 bits per heavy atom. The maximum atomic E-state index is 12.1. The fraction of sp³-hybridized carbons (Fsp3) is 1.00. The number of hydrogen-bond donors (Lipinski definition) is 1. The van der Waals surface area contributed by atoms with Gasteiger partial charge in [-0.15, -0.1) is 12.4 Å². The van der Waals surface area contributed by atoms with Crippen LogP contribution in [-0.4, -0.2) is 56.9 Å². The molecule has 102 valence electrons. The zero-order valence-corrected chi connectivity index (χ0v) is 11.7. The minimum absolute atomic E-state index is 0. The van der Waals surface area contributed by atoms with Gasteiger partial charge in [-0.25, -0.2) is 8.42 Å². The minimum Gasteiger partial charge on any atom is -0.377 e. The standard InChI is InChI=1S/C10H20N2O3S.ClH/c1-9-7-12(5-4-11-9)16(13,14)8-10-3-2-6-15-10;/h9-11H,2-8H2,1H3;1H. The number of ether oxygens (including phenoxy) is 1. The van der Waals surface area contributed by atoms with Crippen LogP contribution in [0.5, 0.6) is 0 Å². The van der Waals surface area contributed by atoms with Crippen LogP contribution in [0, 0.1) is 0 Å². The lowest BCUT2D eigenvalue weighted by Gasteiger charge is -2.31. The molecule has 2 aliphatic heterocycles. The van der Waals surface area contributed by atoms with Crippen molar-refractivity contribution >= 4 is 22.4 Å². The monoisotopic (exact) mass is 284 g/mol. The van der Waals surface area contributed by atoms with Gasteiger partial charge in [0.05, 0.1) is 11.9 Å². The van der Waals surface area contributed by atoms with E-state index >= 15 is 0 Å². The summed E-state index contributed by atoms with van der Waals surface area (Å²) < 4.78 is 31.2. The van der Waals surface area contributed by atoms with E-state index in [0.29, 0.717) is 19.7 Å². The molecule has 2 atom stereocenters. The van der Waals surface area contributed by atoms with Crippen LogP contribution < -0.4 is 5.32 Å². The van der Waals surface area contributed by atoms with E-state index in [-0.39, 0.29) is 30.3 Å². The van der Waals surface area contributed by atoms with Crippen molar-refractivity contribution in [3.63, 3.8) is 0 Å². The molecule has 0 aromatic carbocycles. The first-order valence-corrected chi connectivity index (χ1v) is 7.51. The van der Waals surface area contributed by atoms with Crippen LogP contribution in [0.2, 0.25) is 0 Å². The Bertz CT molecular complexity index is 330. The molecule has 2 rings (SSSR count). The van der Waals surface area contributed by atoms with Crippen molar-refractivity contribution in [1.82, 2.24) is 9.62 Å². The zero-order chi connectivity index (χ0) is 11.6. The third-order valence-electron chi connectivity index (χ3n) is 3.15. The van der Waals surface area contributed by atoms with Crippen molar-refractivity contribution in [2.45, 2.75) is 31.9 Å². The minimum atomic E-state index is -3.13. The predicted octanol–water partition coefficient (Wildman–Crippen LogP) is 0.211. The first-order chi connectivity index (χ1) is 7.58. The average molecular weight is 285 g/mol. The molecule has 2 saturated heterocycles. The van der Waals surface area contributed by atoms with Crippen molar-refractivity contribution in [1.29, 1.82) is 0 Å². The molecule has 0 spiro atoms. The average Bonchev–Trinajstić information content (AvgIpc) is 2.70. The second-order valence-electron chi connectivity index (χ2n) is 4.63. The number of piperazine rings is 1. The van der Waals surface area contributed by atoms with Gasteiger partial charge in [-0.1, -0.05) is 0 Å². The number of nitrogens with zero attached hydrogens (tertiary/aromatic N) is 1. The number of nitrogens with one attached hydrogen (secondary N) is 1. The molecule has 2 heterocycles. The maximum Gasteiger partial charge on any atom is 0.216 e. The highest BCUT2D eigenvalue weighted by atomic mass is 35.5. The molecule has 2 fully saturated rings. The van der Waals surface area contributed by atoms with Crippen LogP contribution in [0.3, 0.4) is 0 Å². The predicted molar refractivity (Wildman–Crippen MR) is 69.0 cm³/mol. The summed E-state index contributed by atoms with van der Waals surface area (Å²) in [4.78, 5) is 0. The van der Waals surface area contributed by atoms with Crippen LogP contribution in [0.25, 0.3) is 0 Å². The van der Waals surface area contributed by atoms with Gasteiger partial charge >= 0.3 is 0 Å². The lowest BCUT2D eigenvalue weighted by atomic mass is 10.3. The summed E-state index contributed by atoms with van der Waals surface area (Å²) in [5.41, 5.74) is 0. The van der Waals surface area contributed by atoms with Crippen molar-refractivity contribution in [2.24, 2.45) is 0 Å². The van der Waals surface area contributed by atoms with Gasteiger partial charge in [0.15, 0.2) is 0 Å². The number of rotatable bonds is 3. The van der Waals surface area contributed by atoms with Gasteiger partial charge in [0, 0.05) is 32.3 Å². The first kappa shape index (κ1) is 15.2. The molecule has 17 heavy (non-hydrogen) atoms. The molecular weight excluding hydrogens is 264 g/mol. The largest absolute Gasteiger partial charge is 0.377 e. The van der Waals surface area contributed by atoms with E-state index in [4.69, 9.17) is 4.74 Å². The molecule has 0 aliphatic carbocycles. The molecule has 0 radical (unpaired) electrons. The van der Waals surface area contributed by atoms with E-state index in [0.717, 1.165) is 19.4 Å².